The number of hydrogen-bond acceptors (Lipinski definition) is 6. The van der Waals surface area contributed by atoms with Crippen molar-refractivity contribution in [3.05, 3.63) is 18.2 Å². The molecule has 0 saturated heterocycles. The van der Waals surface area contributed by atoms with Gasteiger partial charge in [-0.2, -0.15) is 0 Å². The lowest BCUT2D eigenvalue weighted by molar-refractivity contribution is -0.127. The predicted molar refractivity (Wildman–Crippen MR) is 91.0 cm³/mol. The summed E-state index contributed by atoms with van der Waals surface area (Å²) in [7, 11) is 1.64. The lowest BCUT2D eigenvalue weighted by Gasteiger charge is -2.16. The van der Waals surface area contributed by atoms with E-state index < -0.39 is 6.10 Å². The van der Waals surface area contributed by atoms with Gasteiger partial charge in [0.2, 0.25) is 6.79 Å². The Morgan fingerprint density at radius 3 is 2.92 bits per heavy atom. The first-order chi connectivity index (χ1) is 11.6. The highest BCUT2D eigenvalue weighted by atomic mass is 32.1. The maximum Gasteiger partial charge on any atom is 0.279 e. The lowest BCUT2D eigenvalue weighted by atomic mass is 10.3. The van der Waals surface area contributed by atoms with Gasteiger partial charge in [0.15, 0.2) is 22.7 Å². The van der Waals surface area contributed by atoms with Gasteiger partial charge < -0.3 is 24.3 Å². The molecule has 8 nitrogen and oxygen atoms in total. The minimum absolute atomic E-state index is 0.188. The molecule has 1 heterocycles. The van der Waals surface area contributed by atoms with Crippen LogP contribution >= 0.6 is 12.2 Å². The van der Waals surface area contributed by atoms with E-state index in [1.54, 1.807) is 32.2 Å². The van der Waals surface area contributed by atoms with Crippen LogP contribution in [0.4, 0.5) is 0 Å². The molecule has 0 bridgehead atoms. The second kappa shape index (κ2) is 9.14. The number of methoxy groups -OCH3 is 1. The van der Waals surface area contributed by atoms with E-state index in [1.165, 1.54) is 0 Å². The molecular formula is C15H21N3O5S. The highest BCUT2D eigenvalue weighted by Gasteiger charge is 2.18. The standard InChI is InChI=1S/C15H21N3O5S/c1-10(14(19)17-18-15(24)16-6-3-7-20-2)23-11-4-5-12-13(8-11)22-9-21-12/h4-5,8,10H,3,6-7,9H2,1-2H3,(H,17,19)(H2,16,18,24). The molecule has 1 atom stereocenters. The molecule has 0 saturated carbocycles. The lowest BCUT2D eigenvalue weighted by Crippen LogP contribution is -2.50. The van der Waals surface area contributed by atoms with Crippen LogP contribution in [0.3, 0.4) is 0 Å². The average molecular weight is 355 g/mol. The van der Waals surface area contributed by atoms with Crippen molar-refractivity contribution >= 4 is 23.2 Å². The molecule has 1 unspecified atom stereocenters. The van der Waals surface area contributed by atoms with Crippen molar-refractivity contribution < 1.29 is 23.7 Å². The van der Waals surface area contributed by atoms with E-state index in [-0.39, 0.29) is 12.7 Å². The van der Waals surface area contributed by atoms with Gasteiger partial charge in [-0.15, -0.1) is 0 Å². The molecule has 0 aliphatic carbocycles. The fourth-order valence-corrected chi connectivity index (χ4v) is 2.04. The van der Waals surface area contributed by atoms with Crippen LogP contribution < -0.4 is 30.4 Å². The van der Waals surface area contributed by atoms with Crippen molar-refractivity contribution in [2.75, 3.05) is 27.1 Å². The van der Waals surface area contributed by atoms with Crippen molar-refractivity contribution in [3.8, 4) is 17.2 Å². The number of ether oxygens (including phenoxy) is 4. The average Bonchev–Trinajstić information content (AvgIpc) is 3.04. The topological polar surface area (TPSA) is 90.1 Å². The molecule has 0 spiro atoms. The molecule has 1 aromatic rings. The number of thiocarbonyl (C=S) groups is 1. The molecule has 3 N–H and O–H groups in total. The van der Waals surface area contributed by atoms with Crippen molar-refractivity contribution in [3.63, 3.8) is 0 Å². The molecule has 9 heteroatoms. The number of hydrazine groups is 1. The number of benzene rings is 1. The second-order valence-corrected chi connectivity index (χ2v) is 5.40. The van der Waals surface area contributed by atoms with Gasteiger partial charge in [-0.25, -0.2) is 0 Å². The van der Waals surface area contributed by atoms with Gasteiger partial charge in [-0.05, 0) is 37.7 Å². The minimum atomic E-state index is -0.714. The van der Waals surface area contributed by atoms with Gasteiger partial charge in [0, 0.05) is 26.3 Å². The number of rotatable bonds is 7. The zero-order chi connectivity index (χ0) is 17.4. The first kappa shape index (κ1) is 18.1. The molecule has 1 aromatic carbocycles. The molecule has 0 fully saturated rings. The number of amides is 1. The van der Waals surface area contributed by atoms with Gasteiger partial charge in [0.05, 0.1) is 0 Å². The van der Waals surface area contributed by atoms with E-state index in [2.05, 4.69) is 16.2 Å². The predicted octanol–water partition coefficient (Wildman–Crippen LogP) is 0.714. The molecule has 1 amide bonds. The number of carbonyl (C=O) groups excluding carboxylic acids is 1. The summed E-state index contributed by atoms with van der Waals surface area (Å²) >= 11 is 5.04. The van der Waals surface area contributed by atoms with Crippen molar-refractivity contribution in [2.45, 2.75) is 19.4 Å². The fraction of sp³-hybridized carbons (Fsp3) is 0.467. The van der Waals surface area contributed by atoms with Gasteiger partial charge in [-0.1, -0.05) is 0 Å². The van der Waals surface area contributed by atoms with Gasteiger partial charge in [0.1, 0.15) is 5.75 Å². The van der Waals surface area contributed by atoms with Crippen LogP contribution in [0, 0.1) is 0 Å². The molecule has 1 aliphatic heterocycles. The Bertz CT molecular complexity index is 584. The van der Waals surface area contributed by atoms with Crippen LogP contribution in [0.15, 0.2) is 18.2 Å². The van der Waals surface area contributed by atoms with Crippen molar-refractivity contribution in [1.29, 1.82) is 0 Å². The normalized spacial score (nSPS) is 13.1. The van der Waals surface area contributed by atoms with Crippen LogP contribution in [0.2, 0.25) is 0 Å². The zero-order valence-corrected chi connectivity index (χ0v) is 14.4. The zero-order valence-electron chi connectivity index (χ0n) is 13.6. The van der Waals surface area contributed by atoms with E-state index in [0.717, 1.165) is 6.42 Å². The number of nitrogens with one attached hydrogen (secondary N) is 3. The number of fused-ring (bicyclic) bond motifs is 1. The molecule has 0 aromatic heterocycles. The van der Waals surface area contributed by atoms with E-state index in [9.17, 15) is 4.79 Å². The SMILES string of the molecule is COCCCNC(=S)NNC(=O)C(C)Oc1ccc2c(c1)OCO2. The molecule has 132 valence electrons. The van der Waals surface area contributed by atoms with E-state index in [0.29, 0.717) is 35.5 Å². The third kappa shape index (κ3) is 5.43. The highest BCUT2D eigenvalue weighted by molar-refractivity contribution is 7.80. The molecular weight excluding hydrogens is 334 g/mol. The van der Waals surface area contributed by atoms with Crippen LogP contribution in [0.5, 0.6) is 17.2 Å². The Kier molecular flexibility index (Phi) is 6.89. The summed E-state index contributed by atoms with van der Waals surface area (Å²) in [6, 6.07) is 5.13. The van der Waals surface area contributed by atoms with Crippen LogP contribution in [-0.2, 0) is 9.53 Å². The summed E-state index contributed by atoms with van der Waals surface area (Å²) < 4.78 is 21.0. The van der Waals surface area contributed by atoms with Crippen LogP contribution in [0.1, 0.15) is 13.3 Å². The monoisotopic (exact) mass is 355 g/mol. The summed E-state index contributed by atoms with van der Waals surface area (Å²) in [5.41, 5.74) is 5.11. The largest absolute Gasteiger partial charge is 0.481 e. The highest BCUT2D eigenvalue weighted by Crippen LogP contribution is 2.35. The Morgan fingerprint density at radius 2 is 2.12 bits per heavy atom. The first-order valence-corrected chi connectivity index (χ1v) is 7.90. The van der Waals surface area contributed by atoms with Crippen molar-refractivity contribution in [1.82, 2.24) is 16.2 Å². The second-order valence-electron chi connectivity index (χ2n) is 4.99. The molecule has 1 aliphatic rings. The van der Waals surface area contributed by atoms with Crippen LogP contribution in [0.25, 0.3) is 0 Å². The quantitative estimate of drug-likeness (QED) is 0.374. The maximum absolute atomic E-state index is 12.0. The Balaban J connectivity index is 1.71. The maximum atomic E-state index is 12.0. The fourth-order valence-electron chi connectivity index (χ4n) is 1.89. The summed E-state index contributed by atoms with van der Waals surface area (Å²) in [6.45, 7) is 3.12. The van der Waals surface area contributed by atoms with E-state index >= 15 is 0 Å². The number of hydrogen-bond donors (Lipinski definition) is 3. The summed E-state index contributed by atoms with van der Waals surface area (Å²) in [5.74, 6) is 1.42. The summed E-state index contributed by atoms with van der Waals surface area (Å²) in [6.07, 6.45) is 0.102. The third-order valence-corrected chi connectivity index (χ3v) is 3.38. The van der Waals surface area contributed by atoms with Gasteiger partial charge >= 0.3 is 0 Å². The smallest absolute Gasteiger partial charge is 0.279 e. The minimum Gasteiger partial charge on any atom is -0.481 e. The molecule has 2 rings (SSSR count). The van der Waals surface area contributed by atoms with Crippen LogP contribution in [-0.4, -0.2) is 44.2 Å². The number of carbonyl (C=O) groups is 1. The first-order valence-electron chi connectivity index (χ1n) is 7.49. The third-order valence-electron chi connectivity index (χ3n) is 3.14. The van der Waals surface area contributed by atoms with Crippen molar-refractivity contribution in [2.24, 2.45) is 0 Å². The Hall–Kier alpha value is -2.26. The summed E-state index contributed by atoms with van der Waals surface area (Å²) in [4.78, 5) is 12.0. The van der Waals surface area contributed by atoms with E-state index in [1.807, 2.05) is 0 Å². The molecule has 0 radical (unpaired) electrons. The Labute approximate surface area is 145 Å². The Morgan fingerprint density at radius 1 is 1.33 bits per heavy atom. The van der Waals surface area contributed by atoms with E-state index in [4.69, 9.17) is 31.2 Å². The van der Waals surface area contributed by atoms with Gasteiger partial charge in [0.25, 0.3) is 5.91 Å². The van der Waals surface area contributed by atoms with Gasteiger partial charge in [-0.3, -0.25) is 15.6 Å². The summed E-state index contributed by atoms with van der Waals surface area (Å²) in [5, 5.41) is 3.27. The molecule has 24 heavy (non-hydrogen) atoms.